The number of amides is 3. The van der Waals surface area contributed by atoms with E-state index in [4.69, 9.17) is 0 Å². The third-order valence-corrected chi connectivity index (χ3v) is 6.00. The van der Waals surface area contributed by atoms with Crippen molar-refractivity contribution in [1.29, 1.82) is 0 Å². The van der Waals surface area contributed by atoms with Crippen LogP contribution in [-0.4, -0.2) is 53.5 Å². The molecule has 0 atom stereocenters. The monoisotopic (exact) mass is 381 g/mol. The first kappa shape index (κ1) is 18.1. The van der Waals surface area contributed by atoms with Crippen molar-refractivity contribution in [2.24, 2.45) is 5.92 Å². The van der Waals surface area contributed by atoms with E-state index in [0.717, 1.165) is 30.7 Å². The van der Waals surface area contributed by atoms with Gasteiger partial charge in [0.05, 0.1) is 5.54 Å². The molecule has 1 N–H and O–H groups in total. The summed E-state index contributed by atoms with van der Waals surface area (Å²) >= 11 is 0. The lowest BCUT2D eigenvalue weighted by Crippen LogP contribution is -2.70. The number of hydrogen-bond acceptors (Lipinski definition) is 2. The lowest BCUT2D eigenvalue weighted by molar-refractivity contribution is -0.120. The third kappa shape index (κ3) is 3.26. The summed E-state index contributed by atoms with van der Waals surface area (Å²) in [5, 5.41) is 2.93. The number of likely N-dealkylation sites (tertiary alicyclic amines) is 2. The Morgan fingerprint density at radius 1 is 1.11 bits per heavy atom. The summed E-state index contributed by atoms with van der Waals surface area (Å²) in [7, 11) is 0. The highest BCUT2D eigenvalue weighted by atomic mass is 19.3. The molecule has 0 saturated carbocycles. The number of urea groups is 1. The van der Waals surface area contributed by atoms with Crippen LogP contribution in [0.15, 0.2) is 24.3 Å². The second kappa shape index (κ2) is 6.42. The topological polar surface area (TPSA) is 52.7 Å². The van der Waals surface area contributed by atoms with E-state index < -0.39 is 17.7 Å². The van der Waals surface area contributed by atoms with Crippen molar-refractivity contribution in [3.05, 3.63) is 35.6 Å². The minimum Gasteiger partial charge on any atom is -0.347 e. The summed E-state index contributed by atoms with van der Waals surface area (Å²) in [6, 6.07) is 4.20. The highest BCUT2D eigenvalue weighted by Gasteiger charge is 2.51. The molecular weight excluding hydrogens is 359 g/mol. The van der Waals surface area contributed by atoms with E-state index >= 15 is 0 Å². The number of nitrogens with zero attached hydrogens (tertiary/aromatic N) is 2. The van der Waals surface area contributed by atoms with E-state index in [9.17, 15) is 22.8 Å². The zero-order valence-corrected chi connectivity index (χ0v) is 14.9. The predicted octanol–water partition coefficient (Wildman–Crippen LogP) is 2.71. The van der Waals surface area contributed by atoms with Crippen LogP contribution in [0.3, 0.4) is 0 Å². The van der Waals surface area contributed by atoms with Gasteiger partial charge in [0.1, 0.15) is 5.82 Å². The van der Waals surface area contributed by atoms with Gasteiger partial charge in [-0.1, -0.05) is 12.1 Å². The Balaban J connectivity index is 1.32. The van der Waals surface area contributed by atoms with Crippen molar-refractivity contribution in [2.45, 2.75) is 37.1 Å². The van der Waals surface area contributed by atoms with Gasteiger partial charge in [-0.3, -0.25) is 4.79 Å². The number of benzene rings is 1. The van der Waals surface area contributed by atoms with Gasteiger partial charge in [-0.2, -0.15) is 0 Å². The standard InChI is InChI=1S/C19H22F3N3O2/c20-15-3-1-13(2-4-15)19(21,22)14-6-9-24(10-7-14)17(27)25-11-18(12-25)8-5-16(26)23-18/h1-4,14H,5-12H2,(H,23,26). The summed E-state index contributed by atoms with van der Waals surface area (Å²) in [6.07, 6.45) is 1.63. The third-order valence-electron chi connectivity index (χ3n) is 6.00. The van der Waals surface area contributed by atoms with E-state index in [1.165, 1.54) is 0 Å². The lowest BCUT2D eigenvalue weighted by Gasteiger charge is -2.49. The highest BCUT2D eigenvalue weighted by Crippen LogP contribution is 2.42. The van der Waals surface area contributed by atoms with Crippen molar-refractivity contribution in [2.75, 3.05) is 26.2 Å². The largest absolute Gasteiger partial charge is 0.347 e. The second-order valence-corrected chi connectivity index (χ2v) is 7.86. The Bertz CT molecular complexity index is 739. The Morgan fingerprint density at radius 3 is 2.30 bits per heavy atom. The van der Waals surface area contributed by atoms with Crippen molar-refractivity contribution < 1.29 is 22.8 Å². The van der Waals surface area contributed by atoms with Crippen LogP contribution in [-0.2, 0) is 10.7 Å². The zero-order chi connectivity index (χ0) is 19.2. The first-order valence-electron chi connectivity index (χ1n) is 9.28. The number of hydrogen-bond donors (Lipinski definition) is 1. The molecule has 5 nitrogen and oxygen atoms in total. The quantitative estimate of drug-likeness (QED) is 0.857. The van der Waals surface area contributed by atoms with Gasteiger partial charge in [0.2, 0.25) is 5.91 Å². The van der Waals surface area contributed by atoms with Crippen LogP contribution >= 0.6 is 0 Å². The van der Waals surface area contributed by atoms with Crippen LogP contribution in [0.2, 0.25) is 0 Å². The molecule has 146 valence electrons. The Hall–Kier alpha value is -2.25. The van der Waals surface area contributed by atoms with Crippen LogP contribution in [0, 0.1) is 11.7 Å². The van der Waals surface area contributed by atoms with E-state index in [2.05, 4.69) is 5.32 Å². The molecule has 4 rings (SSSR count). The maximum atomic E-state index is 14.7. The molecule has 3 fully saturated rings. The van der Waals surface area contributed by atoms with Gasteiger partial charge >= 0.3 is 6.03 Å². The first-order valence-corrected chi connectivity index (χ1v) is 9.28. The van der Waals surface area contributed by atoms with E-state index in [1.807, 2.05) is 0 Å². The normalized spacial score (nSPS) is 22.7. The maximum absolute atomic E-state index is 14.7. The van der Waals surface area contributed by atoms with Crippen LogP contribution < -0.4 is 5.32 Å². The molecule has 8 heteroatoms. The number of carbonyl (C=O) groups is 2. The molecule has 3 aliphatic rings. The average Bonchev–Trinajstić information content (AvgIpc) is 3.03. The Labute approximate surface area is 155 Å². The SMILES string of the molecule is O=C1CCC2(CN(C(=O)N3CCC(C(F)(F)c4ccc(F)cc4)CC3)C2)N1. The summed E-state index contributed by atoms with van der Waals surface area (Å²) in [5.41, 5.74) is -0.462. The summed E-state index contributed by atoms with van der Waals surface area (Å²) in [4.78, 5) is 27.2. The first-order chi connectivity index (χ1) is 12.8. The van der Waals surface area contributed by atoms with Gasteiger partial charge in [0.15, 0.2) is 0 Å². The minimum absolute atomic E-state index is 0.0194. The van der Waals surface area contributed by atoms with Crippen molar-refractivity contribution in [1.82, 2.24) is 15.1 Å². The smallest absolute Gasteiger partial charge is 0.320 e. The van der Waals surface area contributed by atoms with Gasteiger partial charge in [0, 0.05) is 44.1 Å². The molecule has 0 aliphatic carbocycles. The molecule has 3 aliphatic heterocycles. The van der Waals surface area contributed by atoms with E-state index in [0.29, 0.717) is 19.5 Å². The molecule has 1 aromatic carbocycles. The minimum atomic E-state index is -3.04. The van der Waals surface area contributed by atoms with Gasteiger partial charge in [0.25, 0.3) is 5.92 Å². The number of rotatable bonds is 2. The Kier molecular flexibility index (Phi) is 4.31. The van der Waals surface area contributed by atoms with Gasteiger partial charge in [-0.15, -0.1) is 0 Å². The molecule has 1 spiro atoms. The van der Waals surface area contributed by atoms with E-state index in [-0.39, 0.29) is 49.0 Å². The number of piperidine rings is 1. The average molecular weight is 381 g/mol. The summed E-state index contributed by atoms with van der Waals surface area (Å²) in [6.45, 7) is 1.53. The maximum Gasteiger partial charge on any atom is 0.320 e. The molecule has 3 heterocycles. The van der Waals surface area contributed by atoms with Gasteiger partial charge < -0.3 is 15.1 Å². The van der Waals surface area contributed by atoms with Crippen molar-refractivity contribution in [3.8, 4) is 0 Å². The molecule has 27 heavy (non-hydrogen) atoms. The Morgan fingerprint density at radius 2 is 1.74 bits per heavy atom. The van der Waals surface area contributed by atoms with Gasteiger partial charge in [-0.05, 0) is 31.4 Å². The number of nitrogens with one attached hydrogen (secondary N) is 1. The molecule has 3 saturated heterocycles. The molecule has 0 unspecified atom stereocenters. The summed E-state index contributed by atoms with van der Waals surface area (Å²) < 4.78 is 42.4. The molecular formula is C19H22F3N3O2. The molecule has 3 amide bonds. The fourth-order valence-electron chi connectivity index (χ4n) is 4.37. The molecule has 0 radical (unpaired) electrons. The fourth-order valence-corrected chi connectivity index (χ4v) is 4.37. The predicted molar refractivity (Wildman–Crippen MR) is 91.7 cm³/mol. The molecule has 0 aromatic heterocycles. The van der Waals surface area contributed by atoms with Crippen LogP contribution in [0.25, 0.3) is 0 Å². The lowest BCUT2D eigenvalue weighted by atomic mass is 9.86. The van der Waals surface area contributed by atoms with Gasteiger partial charge in [-0.25, -0.2) is 18.0 Å². The van der Waals surface area contributed by atoms with Crippen LogP contribution in [0.4, 0.5) is 18.0 Å². The number of carbonyl (C=O) groups excluding carboxylic acids is 2. The zero-order valence-electron chi connectivity index (χ0n) is 14.9. The summed E-state index contributed by atoms with van der Waals surface area (Å²) in [5.74, 6) is -4.44. The second-order valence-electron chi connectivity index (χ2n) is 7.86. The number of alkyl halides is 2. The van der Waals surface area contributed by atoms with Crippen molar-refractivity contribution in [3.63, 3.8) is 0 Å². The number of halogens is 3. The van der Waals surface area contributed by atoms with Crippen LogP contribution in [0.5, 0.6) is 0 Å². The van der Waals surface area contributed by atoms with E-state index in [1.54, 1.807) is 9.80 Å². The highest BCUT2D eigenvalue weighted by molar-refractivity contribution is 5.82. The van der Waals surface area contributed by atoms with Crippen LogP contribution in [0.1, 0.15) is 31.2 Å². The fraction of sp³-hybridized carbons (Fsp3) is 0.579. The molecule has 1 aromatic rings. The molecule has 0 bridgehead atoms. The van der Waals surface area contributed by atoms with Crippen molar-refractivity contribution >= 4 is 11.9 Å².